The molecule has 1 aliphatic heterocycles. The number of oxazole rings is 2. The molecule has 0 bridgehead atoms. The Morgan fingerprint density at radius 3 is 1.81 bits per heavy atom. The maximum atomic E-state index is 13.9. The van der Waals surface area contributed by atoms with Crippen LogP contribution in [0.25, 0.3) is 22.1 Å². The van der Waals surface area contributed by atoms with E-state index in [0.717, 1.165) is 16.7 Å². The first-order chi connectivity index (χ1) is 39.9. The summed E-state index contributed by atoms with van der Waals surface area (Å²) in [7, 11) is 1.40. The number of ketones is 1. The van der Waals surface area contributed by atoms with E-state index >= 15 is 0 Å². The summed E-state index contributed by atoms with van der Waals surface area (Å²) in [6.45, 7) is 8.64. The lowest BCUT2D eigenvalue weighted by Crippen LogP contribution is -2.48. The second kappa shape index (κ2) is 26.7. The molecule has 84 heavy (non-hydrogen) atoms. The molecule has 0 radical (unpaired) electrons. The number of aliphatic carboxylic acids is 1. The van der Waals surface area contributed by atoms with E-state index in [4.69, 9.17) is 34.5 Å². The lowest BCUT2D eigenvalue weighted by Gasteiger charge is -2.25. The average Bonchev–Trinajstić information content (AvgIpc) is 2.31. The Balaban J connectivity index is 1.12. The fourth-order valence-corrected chi connectivity index (χ4v) is 9.85. The SMILES string of the molecule is CCc1nc(C)oc1C(=O)Nc1nc2cc(C(N)=O)cc(OC)c2n1C/C=C/Cn1c(NC(=O)c2oc(C)nc2CC)nc2cc(C(N)=O)cc(OCCCOC(=O)C(C)(C)CC(=O)[C@@H](CCC(=O)O)NC(=O)CN3C(=O)CC(SC)C3=O)c21. The summed E-state index contributed by atoms with van der Waals surface area (Å²) in [6, 6.07) is 4.32. The number of aryl methyl sites for hydroxylation is 4. The number of thioether (sulfide) groups is 1. The number of carbonyl (C=O) groups excluding carboxylic acids is 9. The number of fused-ring (bicyclic) bond motifs is 2. The van der Waals surface area contributed by atoms with E-state index in [2.05, 4.69) is 35.9 Å². The number of Topliss-reactive ketones (excluding diaryl/α,β-unsaturated/α-hetero) is 1. The Bertz CT molecular complexity index is 3630. The van der Waals surface area contributed by atoms with Crippen LogP contribution in [0, 0.1) is 19.3 Å². The van der Waals surface area contributed by atoms with E-state index < -0.39 is 95.2 Å². The Kier molecular flexibility index (Phi) is 19.7. The molecule has 1 unspecified atom stereocenters. The zero-order valence-electron chi connectivity index (χ0n) is 47.4. The minimum Gasteiger partial charge on any atom is -0.494 e. The highest BCUT2D eigenvalue weighted by atomic mass is 32.2. The molecule has 0 saturated carbocycles. The number of nitrogens with one attached hydrogen (secondary N) is 3. The molecule has 7 amide bonds. The van der Waals surface area contributed by atoms with Crippen molar-refractivity contribution in [3.05, 3.63) is 82.2 Å². The topological polar surface area (TPSA) is 398 Å². The highest BCUT2D eigenvalue weighted by Crippen LogP contribution is 2.34. The van der Waals surface area contributed by atoms with Crippen LogP contribution < -0.4 is 36.9 Å². The van der Waals surface area contributed by atoms with Crippen molar-refractivity contribution in [1.29, 1.82) is 0 Å². The number of carboxylic acids is 1. The Morgan fingerprint density at radius 1 is 0.810 bits per heavy atom. The van der Waals surface area contributed by atoms with E-state index in [0.29, 0.717) is 29.7 Å². The van der Waals surface area contributed by atoms with Crippen LogP contribution in [0.5, 0.6) is 11.5 Å². The predicted molar refractivity (Wildman–Crippen MR) is 301 cm³/mol. The van der Waals surface area contributed by atoms with Crippen molar-refractivity contribution in [1.82, 2.24) is 39.3 Å². The molecule has 4 aromatic heterocycles. The van der Waals surface area contributed by atoms with Crippen molar-refractivity contribution in [3.63, 3.8) is 0 Å². The number of allylic oxidation sites excluding steroid dienone is 2. The molecule has 7 rings (SSSR count). The highest BCUT2D eigenvalue weighted by Gasteiger charge is 2.40. The lowest BCUT2D eigenvalue weighted by atomic mass is 9.84. The number of carbonyl (C=O) groups is 10. The van der Waals surface area contributed by atoms with Gasteiger partial charge in [-0.05, 0) is 63.6 Å². The monoisotopic (exact) mass is 1180 g/mol. The number of benzene rings is 2. The summed E-state index contributed by atoms with van der Waals surface area (Å²) in [4.78, 5) is 148. The number of hydrogen-bond acceptors (Lipinski definition) is 20. The van der Waals surface area contributed by atoms with Gasteiger partial charge in [0, 0.05) is 63.7 Å². The van der Waals surface area contributed by atoms with E-state index in [9.17, 15) is 53.1 Å². The van der Waals surface area contributed by atoms with Crippen LogP contribution in [-0.2, 0) is 59.4 Å². The van der Waals surface area contributed by atoms with Crippen molar-refractivity contribution < 1.29 is 76.1 Å². The Labute approximate surface area is 483 Å². The van der Waals surface area contributed by atoms with Gasteiger partial charge in [0.25, 0.3) is 11.8 Å². The van der Waals surface area contributed by atoms with Gasteiger partial charge in [0.1, 0.15) is 29.1 Å². The zero-order valence-corrected chi connectivity index (χ0v) is 48.2. The molecular weight excluding hydrogens is 1120 g/mol. The maximum absolute atomic E-state index is 13.9. The first-order valence-corrected chi connectivity index (χ1v) is 27.8. The summed E-state index contributed by atoms with van der Waals surface area (Å²) in [5.74, 6) is -6.82. The molecule has 2 atom stereocenters. The van der Waals surface area contributed by atoms with Gasteiger partial charge >= 0.3 is 11.9 Å². The molecule has 29 heteroatoms. The highest BCUT2D eigenvalue weighted by molar-refractivity contribution is 8.00. The fourth-order valence-electron chi connectivity index (χ4n) is 9.21. The first-order valence-electron chi connectivity index (χ1n) is 26.5. The molecule has 8 N–H and O–H groups in total. The summed E-state index contributed by atoms with van der Waals surface area (Å²) in [6.07, 6.45) is 4.48. The van der Waals surface area contributed by atoms with Gasteiger partial charge in [-0.1, -0.05) is 26.0 Å². The molecule has 0 spiro atoms. The number of nitrogens with zero attached hydrogens (tertiary/aromatic N) is 7. The number of likely N-dealkylation sites (tertiary alicyclic amines) is 1. The van der Waals surface area contributed by atoms with Crippen LogP contribution in [0.4, 0.5) is 11.9 Å². The number of imidazole rings is 2. The van der Waals surface area contributed by atoms with Gasteiger partial charge in [0.15, 0.2) is 17.6 Å². The largest absolute Gasteiger partial charge is 0.494 e. The number of anilines is 2. The average molecular weight is 1180 g/mol. The third-order valence-corrected chi connectivity index (χ3v) is 14.3. The second-order valence-corrected chi connectivity index (χ2v) is 21.0. The Morgan fingerprint density at radius 2 is 1.33 bits per heavy atom. The third kappa shape index (κ3) is 14.2. The molecule has 28 nitrogen and oxygen atoms in total. The number of carboxylic acid groups (broad SMARTS) is 1. The van der Waals surface area contributed by atoms with Gasteiger partial charge in [-0.25, -0.2) is 19.9 Å². The van der Waals surface area contributed by atoms with Crippen LogP contribution >= 0.6 is 11.8 Å². The smallest absolute Gasteiger partial charge is 0.311 e. The summed E-state index contributed by atoms with van der Waals surface area (Å²) in [5, 5.41) is 16.8. The molecule has 1 fully saturated rings. The minimum atomic E-state index is -1.49. The van der Waals surface area contributed by atoms with Crippen LogP contribution in [-0.4, -0.2) is 143 Å². The first kappa shape index (κ1) is 62.2. The molecule has 446 valence electrons. The van der Waals surface area contributed by atoms with Crippen molar-refractivity contribution in [3.8, 4) is 11.5 Å². The molecule has 2 aromatic carbocycles. The molecule has 0 aliphatic carbocycles. The van der Waals surface area contributed by atoms with E-state index in [1.54, 1.807) is 48.3 Å². The maximum Gasteiger partial charge on any atom is 0.311 e. The number of methoxy groups -OCH3 is 1. The zero-order chi connectivity index (χ0) is 61.3. The molecule has 6 aromatic rings. The number of primary amides is 2. The summed E-state index contributed by atoms with van der Waals surface area (Å²) < 4.78 is 32.0. The quantitative estimate of drug-likeness (QED) is 0.0166. The number of rotatable bonds is 29. The van der Waals surface area contributed by atoms with E-state index in [-0.39, 0.29) is 120 Å². The van der Waals surface area contributed by atoms with Gasteiger partial charge in [-0.3, -0.25) is 63.5 Å². The molecule has 1 saturated heterocycles. The predicted octanol–water partition coefficient (Wildman–Crippen LogP) is 4.21. The van der Waals surface area contributed by atoms with Crippen molar-refractivity contribution in [2.45, 2.75) is 111 Å². The molecular formula is C55H64N12O16S. The lowest BCUT2D eigenvalue weighted by molar-refractivity contribution is -0.156. The third-order valence-electron chi connectivity index (χ3n) is 13.4. The van der Waals surface area contributed by atoms with Gasteiger partial charge in [-0.2, -0.15) is 11.8 Å². The van der Waals surface area contributed by atoms with Gasteiger partial charge in [0.2, 0.25) is 53.0 Å². The standard InChI is InChI=1S/C55H64N12O16S/c1-9-31-45(82-27(3)58-31)49(75)63-53-61-34-20-29(47(56)73)22-37(79-7)43(34)65(53)16-11-12-17-66-44-35(62-54(66)64-50(76)46-32(10-2)59-28(4)83-46)21-30(48(57)74)23-38(44)80-18-13-19-81-52(78)55(5,6)25-36(68)33(14-15-42(71)72)60-40(69)26-67-41(70)24-39(84-8)51(67)77/h11-12,20-23,33,39H,9-10,13-19,24-26H2,1-8H3,(H2,56,73)(H2,57,74)(H,60,69)(H,71,72)(H,61,63,75)(H,62,64,76)/b12-11+/t33-,39?/m1/s1. The van der Waals surface area contributed by atoms with Crippen molar-refractivity contribution in [2.75, 3.05) is 43.8 Å². The second-order valence-electron chi connectivity index (χ2n) is 20.0. The molecule has 5 heterocycles. The fraction of sp³-hybridized carbons (Fsp3) is 0.418. The van der Waals surface area contributed by atoms with Crippen LogP contribution in [0.2, 0.25) is 0 Å². The number of nitrogens with two attached hydrogens (primary N) is 2. The van der Waals surface area contributed by atoms with Gasteiger partial charge in [-0.15, -0.1) is 0 Å². The number of hydrogen-bond donors (Lipinski definition) is 6. The van der Waals surface area contributed by atoms with Gasteiger partial charge in [0.05, 0.1) is 59.5 Å². The van der Waals surface area contributed by atoms with Crippen molar-refractivity contribution in [2.24, 2.45) is 16.9 Å². The van der Waals surface area contributed by atoms with Crippen LogP contribution in [0.1, 0.15) is 125 Å². The van der Waals surface area contributed by atoms with Crippen LogP contribution in [0.15, 0.2) is 45.3 Å². The van der Waals surface area contributed by atoms with Crippen LogP contribution in [0.3, 0.4) is 0 Å². The number of esters is 1. The van der Waals surface area contributed by atoms with E-state index in [1.807, 2.05) is 6.92 Å². The molecule has 1 aliphatic rings. The Hall–Kier alpha value is -9.41. The minimum absolute atomic E-state index is 0.00537. The van der Waals surface area contributed by atoms with Gasteiger partial charge < -0.3 is 54.1 Å². The number of aromatic nitrogens is 6. The number of ether oxygens (including phenoxy) is 3. The van der Waals surface area contributed by atoms with E-state index in [1.165, 1.54) is 45.2 Å². The number of amides is 7. The summed E-state index contributed by atoms with van der Waals surface area (Å²) in [5.41, 5.74) is 11.9. The summed E-state index contributed by atoms with van der Waals surface area (Å²) >= 11 is 1.16. The number of imide groups is 1. The van der Waals surface area contributed by atoms with Crippen molar-refractivity contribution >= 4 is 105 Å². The normalized spacial score (nSPS) is 13.9.